The number of carbonyl (C=O) groups is 1. The van der Waals surface area contributed by atoms with Crippen molar-refractivity contribution in [3.05, 3.63) is 34.3 Å². The minimum Gasteiger partial charge on any atom is -0.294 e. The lowest BCUT2D eigenvalue weighted by Crippen LogP contribution is -1.97. The van der Waals surface area contributed by atoms with Crippen LogP contribution in [-0.2, 0) is 0 Å². The summed E-state index contributed by atoms with van der Waals surface area (Å²) in [4.78, 5) is 11.4. The minimum absolute atomic E-state index is 0.0165. The molecule has 0 spiro atoms. The third kappa shape index (κ3) is 3.00. The molecule has 0 saturated heterocycles. The molecular weight excluding hydrogens is 230 g/mol. The molecule has 0 heterocycles. The number of rotatable bonds is 3. The zero-order valence-electron chi connectivity index (χ0n) is 6.96. The average Bonchev–Trinajstić information content (AvgIpc) is 2.14. The van der Waals surface area contributed by atoms with E-state index in [9.17, 15) is 4.79 Å². The molecule has 0 saturated carbocycles. The van der Waals surface area contributed by atoms with Crippen LogP contribution in [0.5, 0.6) is 0 Å². The highest BCUT2D eigenvalue weighted by atomic mass is 79.9. The van der Waals surface area contributed by atoms with E-state index in [4.69, 9.17) is 5.26 Å². The highest BCUT2D eigenvalue weighted by Crippen LogP contribution is 2.13. The van der Waals surface area contributed by atoms with Crippen molar-refractivity contribution in [1.29, 1.82) is 5.26 Å². The number of nitrogens with zero attached hydrogens (tertiary/aromatic N) is 1. The first-order valence-corrected chi connectivity index (χ1v) is 4.69. The number of Topliss-reactive ketones (excluding diaryl/α,β-unsaturated/α-hetero) is 1. The number of halogens is 1. The largest absolute Gasteiger partial charge is 0.294 e. The van der Waals surface area contributed by atoms with Crippen LogP contribution in [-0.4, -0.2) is 5.78 Å². The molecule has 3 heteroatoms. The third-order valence-electron chi connectivity index (χ3n) is 1.61. The maximum absolute atomic E-state index is 11.4. The first-order chi connectivity index (χ1) is 6.24. The van der Waals surface area contributed by atoms with Gasteiger partial charge in [-0.3, -0.25) is 4.79 Å². The van der Waals surface area contributed by atoms with Crippen molar-refractivity contribution in [3.8, 4) is 6.07 Å². The molecule has 0 aliphatic rings. The van der Waals surface area contributed by atoms with Gasteiger partial charge in [0, 0.05) is 22.9 Å². The number of hydrogen-bond acceptors (Lipinski definition) is 2. The van der Waals surface area contributed by atoms with Gasteiger partial charge in [0.1, 0.15) is 0 Å². The summed E-state index contributed by atoms with van der Waals surface area (Å²) in [6.07, 6.45) is 0.582. The molecule has 66 valence electrons. The van der Waals surface area contributed by atoms with E-state index < -0.39 is 0 Å². The van der Waals surface area contributed by atoms with Gasteiger partial charge < -0.3 is 0 Å². The molecule has 0 bridgehead atoms. The van der Waals surface area contributed by atoms with Crippen LogP contribution in [0, 0.1) is 11.3 Å². The van der Waals surface area contributed by atoms with E-state index in [1.807, 2.05) is 18.2 Å². The normalized spacial score (nSPS) is 9.23. The Labute approximate surface area is 85.3 Å². The van der Waals surface area contributed by atoms with E-state index in [0.717, 1.165) is 4.47 Å². The second-order valence-corrected chi connectivity index (χ2v) is 3.51. The summed E-state index contributed by atoms with van der Waals surface area (Å²) in [6.45, 7) is 0. The standard InChI is InChI=1S/C10H8BrNO/c11-9-4-1-3-8(7-9)10(13)5-2-6-12/h1,3-4,7H,2,5H2. The Kier molecular flexibility index (Phi) is 3.66. The van der Waals surface area contributed by atoms with Gasteiger partial charge in [-0.1, -0.05) is 28.1 Å². The number of hydrogen-bond donors (Lipinski definition) is 0. The highest BCUT2D eigenvalue weighted by molar-refractivity contribution is 9.10. The summed E-state index contributed by atoms with van der Waals surface area (Å²) in [6, 6.07) is 9.14. The number of carbonyl (C=O) groups excluding carboxylic acids is 1. The lowest BCUT2D eigenvalue weighted by atomic mass is 10.1. The number of ketones is 1. The Morgan fingerprint density at radius 2 is 2.31 bits per heavy atom. The van der Waals surface area contributed by atoms with Gasteiger partial charge in [-0.15, -0.1) is 0 Å². The highest BCUT2D eigenvalue weighted by Gasteiger charge is 2.04. The smallest absolute Gasteiger partial charge is 0.163 e. The molecule has 1 rings (SSSR count). The Balaban J connectivity index is 2.72. The van der Waals surface area contributed by atoms with Gasteiger partial charge in [0.25, 0.3) is 0 Å². The molecule has 0 aromatic heterocycles. The molecule has 0 aliphatic heterocycles. The van der Waals surface area contributed by atoms with Crippen LogP contribution in [0.25, 0.3) is 0 Å². The van der Waals surface area contributed by atoms with Crippen LogP contribution in [0.3, 0.4) is 0 Å². The fourth-order valence-electron chi connectivity index (χ4n) is 0.976. The predicted molar refractivity (Wildman–Crippen MR) is 53.3 cm³/mol. The van der Waals surface area contributed by atoms with Crippen molar-refractivity contribution in [3.63, 3.8) is 0 Å². The summed E-state index contributed by atoms with van der Waals surface area (Å²) in [5.41, 5.74) is 0.657. The topological polar surface area (TPSA) is 40.9 Å². The van der Waals surface area contributed by atoms with Crippen LogP contribution >= 0.6 is 15.9 Å². The maximum atomic E-state index is 11.4. The van der Waals surface area contributed by atoms with Crippen LogP contribution in [0.1, 0.15) is 23.2 Å². The minimum atomic E-state index is 0.0165. The van der Waals surface area contributed by atoms with E-state index in [-0.39, 0.29) is 12.2 Å². The molecule has 0 atom stereocenters. The molecule has 1 aromatic carbocycles. The molecule has 0 unspecified atom stereocenters. The van der Waals surface area contributed by atoms with E-state index in [2.05, 4.69) is 15.9 Å². The second-order valence-electron chi connectivity index (χ2n) is 2.59. The van der Waals surface area contributed by atoms with Crippen LogP contribution in [0.4, 0.5) is 0 Å². The molecule has 0 amide bonds. The number of benzene rings is 1. The SMILES string of the molecule is N#CCCC(=O)c1cccc(Br)c1. The van der Waals surface area contributed by atoms with Gasteiger partial charge in [0.15, 0.2) is 5.78 Å². The summed E-state index contributed by atoms with van der Waals surface area (Å²) >= 11 is 3.28. The van der Waals surface area contributed by atoms with Crippen LogP contribution < -0.4 is 0 Å². The van der Waals surface area contributed by atoms with Crippen molar-refractivity contribution in [2.24, 2.45) is 0 Å². The second kappa shape index (κ2) is 4.78. The van der Waals surface area contributed by atoms with Crippen molar-refractivity contribution >= 4 is 21.7 Å². The van der Waals surface area contributed by atoms with Gasteiger partial charge in [0.2, 0.25) is 0 Å². The monoisotopic (exact) mass is 237 g/mol. The van der Waals surface area contributed by atoms with E-state index in [1.54, 1.807) is 12.1 Å². The lowest BCUT2D eigenvalue weighted by molar-refractivity contribution is 0.0984. The summed E-state index contributed by atoms with van der Waals surface area (Å²) in [5.74, 6) is 0.0165. The van der Waals surface area contributed by atoms with Crippen LogP contribution in [0.15, 0.2) is 28.7 Å². The van der Waals surface area contributed by atoms with Gasteiger partial charge in [-0.05, 0) is 12.1 Å². The lowest BCUT2D eigenvalue weighted by Gasteiger charge is -1.97. The Hall–Kier alpha value is -1.14. The third-order valence-corrected chi connectivity index (χ3v) is 2.10. The van der Waals surface area contributed by atoms with Crippen molar-refractivity contribution in [2.45, 2.75) is 12.8 Å². The average molecular weight is 238 g/mol. The van der Waals surface area contributed by atoms with Crippen molar-refractivity contribution < 1.29 is 4.79 Å². The molecule has 2 nitrogen and oxygen atoms in total. The van der Waals surface area contributed by atoms with Gasteiger partial charge in [-0.25, -0.2) is 0 Å². The molecule has 13 heavy (non-hydrogen) atoms. The predicted octanol–water partition coefficient (Wildman–Crippen LogP) is 2.94. The summed E-state index contributed by atoms with van der Waals surface area (Å²) in [5, 5.41) is 8.31. The first-order valence-electron chi connectivity index (χ1n) is 3.90. The Morgan fingerprint density at radius 1 is 1.54 bits per heavy atom. The molecule has 0 aliphatic carbocycles. The van der Waals surface area contributed by atoms with Crippen LogP contribution in [0.2, 0.25) is 0 Å². The summed E-state index contributed by atoms with van der Waals surface area (Å²) in [7, 11) is 0. The first kappa shape index (κ1) is 9.94. The zero-order chi connectivity index (χ0) is 9.68. The molecule has 0 fully saturated rings. The number of nitriles is 1. The molecule has 1 aromatic rings. The molecule has 0 radical (unpaired) electrons. The van der Waals surface area contributed by atoms with Crippen molar-refractivity contribution in [2.75, 3.05) is 0 Å². The fourth-order valence-corrected chi connectivity index (χ4v) is 1.37. The van der Waals surface area contributed by atoms with E-state index in [0.29, 0.717) is 12.0 Å². The summed E-state index contributed by atoms with van der Waals surface area (Å²) < 4.78 is 0.885. The van der Waals surface area contributed by atoms with E-state index in [1.165, 1.54) is 0 Å². The molecule has 0 N–H and O–H groups in total. The Bertz CT molecular complexity index is 354. The van der Waals surface area contributed by atoms with E-state index >= 15 is 0 Å². The van der Waals surface area contributed by atoms with Gasteiger partial charge in [-0.2, -0.15) is 5.26 Å². The maximum Gasteiger partial charge on any atom is 0.163 e. The molecular formula is C10H8BrNO. The van der Waals surface area contributed by atoms with Gasteiger partial charge >= 0.3 is 0 Å². The van der Waals surface area contributed by atoms with Gasteiger partial charge in [0.05, 0.1) is 6.07 Å². The fraction of sp³-hybridized carbons (Fsp3) is 0.200. The zero-order valence-corrected chi connectivity index (χ0v) is 8.54. The van der Waals surface area contributed by atoms with Crippen molar-refractivity contribution in [1.82, 2.24) is 0 Å². The Morgan fingerprint density at radius 3 is 2.92 bits per heavy atom. The quantitative estimate of drug-likeness (QED) is 0.759.